The van der Waals surface area contributed by atoms with E-state index in [0.717, 1.165) is 32.2 Å². The van der Waals surface area contributed by atoms with Crippen LogP contribution < -0.4 is 10.1 Å². The Morgan fingerprint density at radius 2 is 1.67 bits per heavy atom. The van der Waals surface area contributed by atoms with Crippen LogP contribution in [0.5, 0.6) is 5.88 Å². The van der Waals surface area contributed by atoms with E-state index in [9.17, 15) is 23.4 Å². The average Bonchev–Trinajstić information content (AvgIpc) is 3.56. The number of allylic oxidation sites excluding steroid dienone is 5. The molecular formula is C49H72N2O6S. The average molecular weight is 817 g/mol. The van der Waals surface area contributed by atoms with E-state index in [2.05, 4.69) is 70.6 Å². The standard InChI is InChI=1S/C49H72N2O6S/c1-33(2)35-15-22-49(51-29-25-48(54)26-30-58(55,56)31-27-48)24-23-45(6)37(41(35)49)11-12-39-44(5)18-16-36(43(3,4)38(44)17-19-46(39,45)7)34-13-20-47(21-14-34,42(52)53)32-57-40-10-8-9-28-50-40/h8-10,13,16,28,35,37-39,41,51,54H,1,11-12,14-15,17-27,29-32H2,2-7H3,(H,52,53)/t35-,37+,38?,39?,41?,44-,45+,46+,47?,49-/m0/s1. The molecule has 320 valence electrons. The van der Waals surface area contributed by atoms with Crippen LogP contribution >= 0.6 is 0 Å². The van der Waals surface area contributed by atoms with Gasteiger partial charge < -0.3 is 20.3 Å². The fourth-order valence-electron chi connectivity index (χ4n) is 15.5. The van der Waals surface area contributed by atoms with E-state index in [-0.39, 0.29) is 45.3 Å². The van der Waals surface area contributed by atoms with Crippen LogP contribution in [0.25, 0.3) is 0 Å². The number of carbonyl (C=O) groups is 1. The van der Waals surface area contributed by atoms with Crippen LogP contribution in [0.2, 0.25) is 0 Å². The Kier molecular flexibility index (Phi) is 10.6. The second-order valence-electron chi connectivity index (χ2n) is 21.9. The number of hydrogen-bond donors (Lipinski definition) is 3. The molecule has 8 nitrogen and oxygen atoms in total. The van der Waals surface area contributed by atoms with Gasteiger partial charge in [0, 0.05) is 17.8 Å². The van der Waals surface area contributed by atoms with E-state index in [0.29, 0.717) is 67.6 Å². The monoisotopic (exact) mass is 817 g/mol. The molecular weight excluding hydrogens is 745 g/mol. The van der Waals surface area contributed by atoms with Gasteiger partial charge >= 0.3 is 5.97 Å². The number of aliphatic hydroxyl groups is 1. The van der Waals surface area contributed by atoms with Crippen molar-refractivity contribution in [2.24, 2.45) is 56.7 Å². The zero-order valence-corrected chi connectivity index (χ0v) is 37.2. The molecule has 10 atom stereocenters. The molecule has 0 radical (unpaired) electrons. The molecule has 5 fully saturated rings. The number of pyridine rings is 1. The number of carboxylic acid groups (broad SMARTS) is 1. The van der Waals surface area contributed by atoms with E-state index < -0.39 is 26.8 Å². The summed E-state index contributed by atoms with van der Waals surface area (Å²) in [4.78, 5) is 17.0. The van der Waals surface area contributed by atoms with Crippen molar-refractivity contribution < 1.29 is 28.2 Å². The molecule has 1 aromatic heterocycles. The van der Waals surface area contributed by atoms with Crippen molar-refractivity contribution in [1.29, 1.82) is 0 Å². The number of nitrogens with one attached hydrogen (secondary N) is 1. The molecule has 6 aliphatic carbocycles. The fourth-order valence-corrected chi connectivity index (χ4v) is 17.1. The van der Waals surface area contributed by atoms with Crippen molar-refractivity contribution in [3.05, 3.63) is 59.8 Å². The summed E-state index contributed by atoms with van der Waals surface area (Å²) in [5, 5.41) is 26.0. The molecule has 1 aromatic rings. The summed E-state index contributed by atoms with van der Waals surface area (Å²) < 4.78 is 30.2. The number of ether oxygens (including phenoxy) is 1. The van der Waals surface area contributed by atoms with Gasteiger partial charge in [0.15, 0.2) is 9.84 Å². The zero-order chi connectivity index (χ0) is 41.6. The molecule has 2 heterocycles. The lowest BCUT2D eigenvalue weighted by atomic mass is 9.33. The van der Waals surface area contributed by atoms with Gasteiger partial charge in [0.05, 0.1) is 17.1 Å². The Balaban J connectivity index is 1.01. The van der Waals surface area contributed by atoms with Gasteiger partial charge in [-0.15, -0.1) is 0 Å². The molecule has 58 heavy (non-hydrogen) atoms. The number of sulfone groups is 1. The first kappa shape index (κ1) is 42.2. The van der Waals surface area contributed by atoms with E-state index in [4.69, 9.17) is 4.74 Å². The minimum Gasteiger partial charge on any atom is -0.481 e. The molecule has 0 amide bonds. The molecule has 8 rings (SSSR count). The topological polar surface area (TPSA) is 126 Å². The van der Waals surface area contributed by atoms with Gasteiger partial charge in [0.2, 0.25) is 5.88 Å². The second-order valence-corrected chi connectivity index (χ2v) is 24.2. The van der Waals surface area contributed by atoms with Crippen molar-refractivity contribution in [3.63, 3.8) is 0 Å². The Morgan fingerprint density at radius 3 is 2.33 bits per heavy atom. The number of nitrogens with zero attached hydrogens (tertiary/aromatic N) is 1. The number of aromatic nitrogens is 1. The lowest BCUT2D eigenvalue weighted by Gasteiger charge is -2.72. The predicted octanol–water partition coefficient (Wildman–Crippen LogP) is 9.51. The number of fused-ring (bicyclic) bond motifs is 7. The number of rotatable bonds is 10. The van der Waals surface area contributed by atoms with Gasteiger partial charge in [-0.25, -0.2) is 13.4 Å². The molecule has 1 aliphatic heterocycles. The first-order valence-corrected chi connectivity index (χ1v) is 24.6. The maximum atomic E-state index is 12.7. The van der Waals surface area contributed by atoms with Crippen LogP contribution in [-0.4, -0.2) is 65.4 Å². The first-order chi connectivity index (χ1) is 27.2. The van der Waals surface area contributed by atoms with Crippen molar-refractivity contribution in [2.75, 3.05) is 24.7 Å². The van der Waals surface area contributed by atoms with Crippen molar-refractivity contribution >= 4 is 15.8 Å². The summed E-state index contributed by atoms with van der Waals surface area (Å²) in [6, 6.07) is 5.48. The van der Waals surface area contributed by atoms with Gasteiger partial charge in [-0.05, 0) is 178 Å². The third kappa shape index (κ3) is 6.69. The normalized spacial score (nSPS) is 42.4. The van der Waals surface area contributed by atoms with E-state index >= 15 is 0 Å². The van der Waals surface area contributed by atoms with Crippen LogP contribution in [0.4, 0.5) is 0 Å². The van der Waals surface area contributed by atoms with E-state index in [1.54, 1.807) is 12.3 Å². The maximum absolute atomic E-state index is 12.7. The van der Waals surface area contributed by atoms with Crippen LogP contribution in [-0.2, 0) is 14.6 Å². The second kappa shape index (κ2) is 14.6. The largest absolute Gasteiger partial charge is 0.481 e. The zero-order valence-electron chi connectivity index (χ0n) is 36.4. The first-order valence-electron chi connectivity index (χ1n) is 22.7. The molecule has 0 aromatic carbocycles. The molecule has 9 heteroatoms. The molecule has 1 saturated heterocycles. The highest BCUT2D eigenvalue weighted by atomic mass is 32.2. The minimum absolute atomic E-state index is 0.0136. The van der Waals surface area contributed by atoms with Crippen LogP contribution in [0.15, 0.2) is 59.8 Å². The summed E-state index contributed by atoms with van der Waals surface area (Å²) >= 11 is 0. The summed E-state index contributed by atoms with van der Waals surface area (Å²) in [6.07, 6.45) is 20.3. The fraction of sp³-hybridized carbons (Fsp3) is 0.755. The van der Waals surface area contributed by atoms with E-state index in [1.807, 2.05) is 12.1 Å². The molecule has 4 saturated carbocycles. The van der Waals surface area contributed by atoms with Gasteiger partial charge in [-0.2, -0.15) is 0 Å². The van der Waals surface area contributed by atoms with Gasteiger partial charge in [0.25, 0.3) is 0 Å². The Morgan fingerprint density at radius 1 is 0.914 bits per heavy atom. The third-order valence-corrected chi connectivity index (χ3v) is 20.7. The third-order valence-electron chi connectivity index (χ3n) is 19.0. The highest BCUT2D eigenvalue weighted by Gasteiger charge is 2.70. The van der Waals surface area contributed by atoms with Gasteiger partial charge in [0.1, 0.15) is 12.0 Å². The quantitative estimate of drug-likeness (QED) is 0.200. The lowest BCUT2D eigenvalue weighted by molar-refractivity contribution is -0.221. The van der Waals surface area contributed by atoms with Crippen LogP contribution in [0.1, 0.15) is 138 Å². The number of hydrogen-bond acceptors (Lipinski definition) is 7. The molecule has 7 aliphatic rings. The molecule has 3 N–H and O–H groups in total. The number of carboxylic acids is 1. The van der Waals surface area contributed by atoms with Crippen molar-refractivity contribution in [3.8, 4) is 5.88 Å². The Bertz CT molecular complexity index is 1940. The summed E-state index contributed by atoms with van der Waals surface area (Å²) in [6.45, 7) is 20.7. The van der Waals surface area contributed by atoms with Crippen LogP contribution in [0.3, 0.4) is 0 Å². The van der Waals surface area contributed by atoms with Crippen molar-refractivity contribution in [1.82, 2.24) is 10.3 Å². The molecule has 4 unspecified atom stereocenters. The van der Waals surface area contributed by atoms with Crippen LogP contribution in [0, 0.1) is 56.7 Å². The highest BCUT2D eigenvalue weighted by Crippen LogP contribution is 2.76. The predicted molar refractivity (Wildman–Crippen MR) is 230 cm³/mol. The molecule has 0 bridgehead atoms. The number of aliphatic carboxylic acids is 1. The summed E-state index contributed by atoms with van der Waals surface area (Å²) in [7, 11) is -3.03. The smallest absolute Gasteiger partial charge is 0.313 e. The maximum Gasteiger partial charge on any atom is 0.313 e. The van der Waals surface area contributed by atoms with Gasteiger partial charge in [-0.1, -0.05) is 65.0 Å². The minimum atomic E-state index is -3.03. The summed E-state index contributed by atoms with van der Waals surface area (Å²) in [5.74, 6) is 2.67. The van der Waals surface area contributed by atoms with Gasteiger partial charge in [-0.3, -0.25) is 4.79 Å². The van der Waals surface area contributed by atoms with Crippen molar-refractivity contribution in [2.45, 2.75) is 149 Å². The Hall–Kier alpha value is -2.49. The lowest BCUT2D eigenvalue weighted by Crippen LogP contribution is -2.68. The summed E-state index contributed by atoms with van der Waals surface area (Å²) in [5.41, 5.74) is 2.91. The SMILES string of the molecule is C=C(C)[C@@H]1CC[C@]2(NCCC3(O)CCS(=O)(=O)CC3)CC[C@]3(C)[C@H](CCC4[C@@]5(C)CC=C(C6=CCC(COc7ccccn7)(C(=O)O)CC6)C(C)(C)C5CC[C@]43C)C12. The highest BCUT2D eigenvalue weighted by molar-refractivity contribution is 7.91. The Labute approximate surface area is 349 Å². The molecule has 0 spiro atoms. The van der Waals surface area contributed by atoms with E-state index in [1.165, 1.54) is 55.2 Å².